The van der Waals surface area contributed by atoms with Crippen molar-refractivity contribution in [3.63, 3.8) is 0 Å². The molecule has 26 heavy (non-hydrogen) atoms. The zero-order valence-electron chi connectivity index (χ0n) is 15.1. The predicted molar refractivity (Wildman–Crippen MR) is 96.9 cm³/mol. The van der Waals surface area contributed by atoms with Gasteiger partial charge in [-0.1, -0.05) is 31.4 Å². The van der Waals surface area contributed by atoms with Crippen molar-refractivity contribution in [2.24, 2.45) is 0 Å². The van der Waals surface area contributed by atoms with Gasteiger partial charge in [-0.25, -0.2) is 9.48 Å². The van der Waals surface area contributed by atoms with Crippen LogP contribution in [0.15, 0.2) is 24.3 Å². The normalized spacial score (nSPS) is 14.8. The van der Waals surface area contributed by atoms with Gasteiger partial charge in [0.1, 0.15) is 5.75 Å². The third-order valence-corrected chi connectivity index (χ3v) is 4.75. The second-order valence-corrected chi connectivity index (χ2v) is 6.54. The minimum atomic E-state index is -0.211. The second kappa shape index (κ2) is 9.17. The van der Waals surface area contributed by atoms with Crippen molar-refractivity contribution in [1.82, 2.24) is 30.8 Å². The summed E-state index contributed by atoms with van der Waals surface area (Å²) in [6.45, 7) is 0.892. The lowest BCUT2D eigenvalue weighted by Gasteiger charge is -2.22. The lowest BCUT2D eigenvalue weighted by molar-refractivity contribution is 0.239. The number of rotatable bonds is 7. The smallest absolute Gasteiger partial charge is 0.315 e. The van der Waals surface area contributed by atoms with Gasteiger partial charge in [-0.15, -0.1) is 5.10 Å². The summed E-state index contributed by atoms with van der Waals surface area (Å²) >= 11 is 0. The molecule has 1 heterocycles. The molecule has 8 nitrogen and oxygen atoms in total. The number of hydrogen-bond acceptors (Lipinski definition) is 5. The molecule has 8 heteroatoms. The number of aromatic nitrogens is 4. The number of carbonyl (C=O) groups is 1. The van der Waals surface area contributed by atoms with E-state index in [1.54, 1.807) is 7.11 Å². The van der Waals surface area contributed by atoms with Gasteiger partial charge in [0.05, 0.1) is 19.7 Å². The number of urea groups is 1. The zero-order valence-corrected chi connectivity index (χ0v) is 15.1. The molecule has 1 aromatic heterocycles. The molecule has 1 aliphatic carbocycles. The summed E-state index contributed by atoms with van der Waals surface area (Å²) in [4.78, 5) is 12.0. The quantitative estimate of drug-likeness (QED) is 0.791. The molecule has 1 fully saturated rings. The lowest BCUT2D eigenvalue weighted by Crippen LogP contribution is -2.37. The highest BCUT2D eigenvalue weighted by Gasteiger charge is 2.20. The van der Waals surface area contributed by atoms with Gasteiger partial charge in [-0.2, -0.15) is 0 Å². The Labute approximate surface area is 153 Å². The highest BCUT2D eigenvalue weighted by atomic mass is 16.5. The van der Waals surface area contributed by atoms with Crippen LogP contribution in [-0.2, 0) is 13.0 Å². The highest BCUT2D eigenvalue weighted by molar-refractivity contribution is 5.73. The monoisotopic (exact) mass is 358 g/mol. The van der Waals surface area contributed by atoms with Crippen molar-refractivity contribution in [2.45, 2.75) is 51.1 Å². The molecule has 1 aromatic carbocycles. The van der Waals surface area contributed by atoms with Crippen molar-refractivity contribution in [2.75, 3.05) is 13.7 Å². The van der Waals surface area contributed by atoms with E-state index in [4.69, 9.17) is 4.74 Å². The molecule has 0 spiro atoms. The number of carbonyl (C=O) groups excluding carboxylic acids is 1. The largest absolute Gasteiger partial charge is 0.497 e. The number of tetrazole rings is 1. The molecule has 1 aliphatic rings. The summed E-state index contributed by atoms with van der Waals surface area (Å²) in [5, 5.41) is 17.6. The fourth-order valence-corrected chi connectivity index (χ4v) is 3.27. The number of hydrogen-bond donors (Lipinski definition) is 2. The molecule has 2 aromatic rings. The van der Waals surface area contributed by atoms with Gasteiger partial charge in [-0.05, 0) is 47.4 Å². The first-order chi connectivity index (χ1) is 12.8. The summed E-state index contributed by atoms with van der Waals surface area (Å²) in [6.07, 6.45) is 6.67. The van der Waals surface area contributed by atoms with E-state index in [0.29, 0.717) is 25.0 Å². The number of methoxy groups -OCH3 is 1. The van der Waals surface area contributed by atoms with E-state index in [2.05, 4.69) is 26.2 Å². The number of ether oxygens (including phenoxy) is 1. The van der Waals surface area contributed by atoms with Crippen molar-refractivity contribution >= 4 is 6.03 Å². The van der Waals surface area contributed by atoms with Gasteiger partial charge in [-0.3, -0.25) is 0 Å². The first kappa shape index (κ1) is 18.2. The third-order valence-electron chi connectivity index (χ3n) is 4.75. The SMILES string of the molecule is COc1ccc(CCNC(=O)NCc2nnnn2C2CCCCC2)cc1. The zero-order chi connectivity index (χ0) is 18.2. The van der Waals surface area contributed by atoms with Crippen LogP contribution in [0.1, 0.15) is 49.5 Å². The fraction of sp³-hybridized carbons (Fsp3) is 0.556. The van der Waals surface area contributed by atoms with Crippen LogP contribution in [0.25, 0.3) is 0 Å². The second-order valence-electron chi connectivity index (χ2n) is 6.54. The summed E-state index contributed by atoms with van der Waals surface area (Å²) in [5.41, 5.74) is 1.15. The molecule has 0 bridgehead atoms. The molecule has 2 amide bonds. The van der Waals surface area contributed by atoms with E-state index in [1.165, 1.54) is 19.3 Å². The third kappa shape index (κ3) is 4.93. The predicted octanol–water partition coefficient (Wildman–Crippen LogP) is 2.23. The van der Waals surface area contributed by atoms with E-state index in [-0.39, 0.29) is 6.03 Å². The van der Waals surface area contributed by atoms with Crippen LogP contribution in [0, 0.1) is 0 Å². The van der Waals surface area contributed by atoms with Crippen LogP contribution in [0.3, 0.4) is 0 Å². The maximum absolute atomic E-state index is 12.0. The molecule has 0 radical (unpaired) electrons. The Kier molecular flexibility index (Phi) is 6.40. The molecule has 0 atom stereocenters. The summed E-state index contributed by atoms with van der Waals surface area (Å²) in [6, 6.07) is 7.97. The Balaban J connectivity index is 1.40. The molecular formula is C18H26N6O2. The number of benzene rings is 1. The molecule has 1 saturated carbocycles. The summed E-state index contributed by atoms with van der Waals surface area (Å²) < 4.78 is 7.01. The molecule has 140 valence electrons. The Morgan fingerprint density at radius 3 is 2.69 bits per heavy atom. The molecule has 0 saturated heterocycles. The van der Waals surface area contributed by atoms with Gasteiger partial charge >= 0.3 is 6.03 Å². The van der Waals surface area contributed by atoms with E-state index < -0.39 is 0 Å². The van der Waals surface area contributed by atoms with Crippen molar-refractivity contribution in [3.05, 3.63) is 35.7 Å². The maximum atomic E-state index is 12.0. The van der Waals surface area contributed by atoms with E-state index >= 15 is 0 Å². The lowest BCUT2D eigenvalue weighted by atomic mass is 9.96. The topological polar surface area (TPSA) is 94.0 Å². The minimum Gasteiger partial charge on any atom is -0.497 e. The molecule has 3 rings (SSSR count). The average Bonchev–Trinajstić information content (AvgIpc) is 3.16. The van der Waals surface area contributed by atoms with Gasteiger partial charge < -0.3 is 15.4 Å². The van der Waals surface area contributed by atoms with Crippen LogP contribution in [-0.4, -0.2) is 39.9 Å². The average molecular weight is 358 g/mol. The summed E-state index contributed by atoms with van der Waals surface area (Å²) in [5.74, 6) is 1.54. The molecule has 2 N–H and O–H groups in total. The first-order valence-corrected chi connectivity index (χ1v) is 9.17. The van der Waals surface area contributed by atoms with Gasteiger partial charge in [0.25, 0.3) is 0 Å². The Morgan fingerprint density at radius 1 is 1.19 bits per heavy atom. The minimum absolute atomic E-state index is 0.211. The number of nitrogens with one attached hydrogen (secondary N) is 2. The first-order valence-electron chi connectivity index (χ1n) is 9.17. The van der Waals surface area contributed by atoms with Crippen LogP contribution < -0.4 is 15.4 Å². The van der Waals surface area contributed by atoms with Crippen LogP contribution in [0.5, 0.6) is 5.75 Å². The summed E-state index contributed by atoms with van der Waals surface area (Å²) in [7, 11) is 1.64. The van der Waals surface area contributed by atoms with Crippen LogP contribution in [0.2, 0.25) is 0 Å². The number of amides is 2. The standard InChI is InChI=1S/C18H26N6O2/c1-26-16-9-7-14(8-10-16)11-12-19-18(25)20-13-17-21-22-23-24(17)15-5-3-2-4-6-15/h7-10,15H,2-6,11-13H2,1H3,(H2,19,20,25). The molecule has 0 unspecified atom stereocenters. The van der Waals surface area contributed by atoms with Crippen LogP contribution in [0.4, 0.5) is 4.79 Å². The Morgan fingerprint density at radius 2 is 1.96 bits per heavy atom. The number of nitrogens with zero attached hydrogens (tertiary/aromatic N) is 4. The van der Waals surface area contributed by atoms with E-state index in [0.717, 1.165) is 30.6 Å². The van der Waals surface area contributed by atoms with Gasteiger partial charge in [0, 0.05) is 6.54 Å². The van der Waals surface area contributed by atoms with Crippen LogP contribution >= 0.6 is 0 Å². The van der Waals surface area contributed by atoms with E-state index in [9.17, 15) is 4.79 Å². The van der Waals surface area contributed by atoms with Crippen molar-refractivity contribution < 1.29 is 9.53 Å². The Bertz CT molecular complexity index is 694. The van der Waals surface area contributed by atoms with Gasteiger partial charge in [0.2, 0.25) is 0 Å². The van der Waals surface area contributed by atoms with E-state index in [1.807, 2.05) is 28.9 Å². The van der Waals surface area contributed by atoms with Crippen molar-refractivity contribution in [3.8, 4) is 5.75 Å². The van der Waals surface area contributed by atoms with Gasteiger partial charge in [0.15, 0.2) is 5.82 Å². The van der Waals surface area contributed by atoms with Crippen molar-refractivity contribution in [1.29, 1.82) is 0 Å². The maximum Gasteiger partial charge on any atom is 0.315 e. The Hall–Kier alpha value is -2.64. The molecule has 0 aliphatic heterocycles. The highest BCUT2D eigenvalue weighted by Crippen LogP contribution is 2.27. The fourth-order valence-electron chi connectivity index (χ4n) is 3.27. The molecular weight excluding hydrogens is 332 g/mol.